The van der Waals surface area contributed by atoms with Gasteiger partial charge in [0.1, 0.15) is 10.7 Å². The standard InChI is InChI=1S/C9H7Cl2N7O2S/c1-18-3-14-8(6(18)11)21(19,20)17-9-15-5(10)4-7(16-9)13-2-12-4/h2-3H,1H3,(H2,12,13,15,16,17). The van der Waals surface area contributed by atoms with Crippen molar-refractivity contribution in [1.82, 2.24) is 29.5 Å². The van der Waals surface area contributed by atoms with Gasteiger partial charge in [0.25, 0.3) is 10.0 Å². The number of imidazole rings is 2. The molecule has 0 radical (unpaired) electrons. The molecule has 0 unspecified atom stereocenters. The number of nitrogens with one attached hydrogen (secondary N) is 2. The lowest BCUT2D eigenvalue weighted by Crippen LogP contribution is -2.16. The minimum atomic E-state index is -4.03. The molecular weight excluding hydrogens is 341 g/mol. The number of hydrogen-bond donors (Lipinski definition) is 2. The van der Waals surface area contributed by atoms with E-state index in [1.807, 2.05) is 0 Å². The Kier molecular flexibility index (Phi) is 3.23. The van der Waals surface area contributed by atoms with Crippen molar-refractivity contribution < 1.29 is 8.42 Å². The van der Waals surface area contributed by atoms with E-state index in [0.29, 0.717) is 5.52 Å². The summed E-state index contributed by atoms with van der Waals surface area (Å²) < 4.78 is 27.9. The van der Waals surface area contributed by atoms with Crippen molar-refractivity contribution in [1.29, 1.82) is 0 Å². The van der Waals surface area contributed by atoms with Gasteiger partial charge >= 0.3 is 0 Å². The van der Waals surface area contributed by atoms with Crippen LogP contribution in [0.3, 0.4) is 0 Å². The quantitative estimate of drug-likeness (QED) is 0.687. The highest BCUT2D eigenvalue weighted by molar-refractivity contribution is 7.92. The predicted molar refractivity (Wildman–Crippen MR) is 75.7 cm³/mol. The average molecular weight is 348 g/mol. The maximum atomic E-state index is 12.2. The van der Waals surface area contributed by atoms with Gasteiger partial charge in [-0.15, -0.1) is 0 Å². The van der Waals surface area contributed by atoms with E-state index in [-0.39, 0.29) is 26.9 Å². The van der Waals surface area contributed by atoms with Crippen LogP contribution in [0.2, 0.25) is 10.3 Å². The summed E-state index contributed by atoms with van der Waals surface area (Å²) in [6.45, 7) is 0. The number of sulfonamides is 1. The average Bonchev–Trinajstić information content (AvgIpc) is 2.97. The van der Waals surface area contributed by atoms with Crippen LogP contribution in [-0.4, -0.2) is 37.9 Å². The Morgan fingerprint density at radius 2 is 2.05 bits per heavy atom. The first kappa shape index (κ1) is 14.0. The van der Waals surface area contributed by atoms with Gasteiger partial charge < -0.3 is 9.55 Å². The predicted octanol–water partition coefficient (Wildman–Crippen LogP) is 1.19. The molecule has 3 heterocycles. The molecule has 2 N–H and O–H groups in total. The molecule has 9 nitrogen and oxygen atoms in total. The van der Waals surface area contributed by atoms with Gasteiger partial charge in [0.15, 0.2) is 10.8 Å². The lowest BCUT2D eigenvalue weighted by atomic mass is 10.6. The highest BCUT2D eigenvalue weighted by atomic mass is 35.5. The van der Waals surface area contributed by atoms with Crippen LogP contribution in [0.4, 0.5) is 5.95 Å². The molecule has 3 aromatic rings. The molecule has 3 aromatic heterocycles. The van der Waals surface area contributed by atoms with E-state index in [0.717, 1.165) is 0 Å². The van der Waals surface area contributed by atoms with E-state index in [2.05, 4.69) is 29.6 Å². The molecule has 0 amide bonds. The molecule has 3 rings (SSSR count). The molecule has 110 valence electrons. The zero-order chi connectivity index (χ0) is 15.2. The van der Waals surface area contributed by atoms with Gasteiger partial charge in [-0.2, -0.15) is 18.4 Å². The van der Waals surface area contributed by atoms with Crippen LogP contribution in [0, 0.1) is 0 Å². The number of H-pyrrole nitrogens is 1. The van der Waals surface area contributed by atoms with Crippen LogP contribution >= 0.6 is 23.2 Å². The first-order valence-electron chi connectivity index (χ1n) is 5.45. The summed E-state index contributed by atoms with van der Waals surface area (Å²) >= 11 is 11.8. The molecule has 0 aliphatic rings. The van der Waals surface area contributed by atoms with Gasteiger partial charge in [-0.1, -0.05) is 23.2 Å². The first-order chi connectivity index (χ1) is 9.88. The summed E-state index contributed by atoms with van der Waals surface area (Å²) in [4.78, 5) is 18.1. The number of nitrogens with zero attached hydrogens (tertiary/aromatic N) is 5. The fourth-order valence-electron chi connectivity index (χ4n) is 1.59. The first-order valence-corrected chi connectivity index (χ1v) is 7.68. The van der Waals surface area contributed by atoms with Crippen molar-refractivity contribution in [2.45, 2.75) is 5.03 Å². The summed E-state index contributed by atoms with van der Waals surface area (Å²) in [5, 5.41) is -0.315. The van der Waals surface area contributed by atoms with Crippen molar-refractivity contribution in [2.24, 2.45) is 7.05 Å². The SMILES string of the molecule is Cn1cnc(S(=O)(=O)Nc2nc(Cl)c3[nH]cnc3n2)c1Cl. The third-order valence-corrected chi connectivity index (χ3v) is 4.65. The van der Waals surface area contributed by atoms with Crippen LogP contribution in [0.1, 0.15) is 0 Å². The number of rotatable bonds is 3. The minimum absolute atomic E-state index is 0.0329. The number of fused-ring (bicyclic) bond motifs is 1. The normalized spacial score (nSPS) is 12.0. The lowest BCUT2D eigenvalue weighted by molar-refractivity contribution is 0.598. The summed E-state index contributed by atoms with van der Waals surface area (Å²) in [6, 6.07) is 0. The third-order valence-electron chi connectivity index (χ3n) is 2.56. The van der Waals surface area contributed by atoms with Crippen LogP contribution in [0.5, 0.6) is 0 Å². The van der Waals surface area contributed by atoms with Gasteiger partial charge in [-0.05, 0) is 0 Å². The van der Waals surface area contributed by atoms with Crippen molar-refractivity contribution in [3.8, 4) is 0 Å². The molecular formula is C9H7Cl2N7O2S. The summed E-state index contributed by atoms with van der Waals surface area (Å²) in [7, 11) is -2.46. The van der Waals surface area contributed by atoms with Crippen molar-refractivity contribution >= 4 is 50.3 Å². The Balaban J connectivity index is 2.03. The zero-order valence-corrected chi connectivity index (χ0v) is 12.7. The molecule has 0 bridgehead atoms. The van der Waals surface area contributed by atoms with E-state index in [4.69, 9.17) is 23.2 Å². The molecule has 0 fully saturated rings. The molecule has 0 aromatic carbocycles. The Labute approximate surface area is 128 Å². The van der Waals surface area contributed by atoms with Crippen molar-refractivity contribution in [3.05, 3.63) is 23.0 Å². The second kappa shape index (κ2) is 4.83. The fraction of sp³-hybridized carbons (Fsp3) is 0.111. The van der Waals surface area contributed by atoms with E-state index >= 15 is 0 Å². The molecule has 0 spiro atoms. The smallest absolute Gasteiger partial charge is 0.284 e. The zero-order valence-electron chi connectivity index (χ0n) is 10.4. The number of aromatic amines is 1. The van der Waals surface area contributed by atoms with Crippen LogP contribution in [0.25, 0.3) is 11.2 Å². The molecule has 0 aliphatic heterocycles. The highest BCUT2D eigenvalue weighted by Gasteiger charge is 2.24. The van der Waals surface area contributed by atoms with Gasteiger partial charge in [0, 0.05) is 7.05 Å². The Morgan fingerprint density at radius 1 is 1.29 bits per heavy atom. The molecule has 0 saturated heterocycles. The highest BCUT2D eigenvalue weighted by Crippen LogP contribution is 2.23. The van der Waals surface area contributed by atoms with Crippen LogP contribution in [0.15, 0.2) is 17.7 Å². The van der Waals surface area contributed by atoms with Crippen molar-refractivity contribution in [2.75, 3.05) is 4.72 Å². The maximum absolute atomic E-state index is 12.2. The molecule has 0 atom stereocenters. The van der Waals surface area contributed by atoms with Crippen LogP contribution < -0.4 is 4.72 Å². The second-order valence-electron chi connectivity index (χ2n) is 4.00. The number of anilines is 1. The van der Waals surface area contributed by atoms with Gasteiger partial charge in [0.05, 0.1) is 12.7 Å². The monoisotopic (exact) mass is 347 g/mol. The van der Waals surface area contributed by atoms with E-state index < -0.39 is 10.0 Å². The van der Waals surface area contributed by atoms with E-state index in [1.165, 1.54) is 17.2 Å². The Morgan fingerprint density at radius 3 is 2.71 bits per heavy atom. The number of hydrogen-bond acceptors (Lipinski definition) is 6. The third kappa shape index (κ3) is 2.41. The molecule has 0 aliphatic carbocycles. The topological polar surface area (TPSA) is 118 Å². The minimum Gasteiger partial charge on any atom is -0.341 e. The Bertz CT molecular complexity index is 933. The summed E-state index contributed by atoms with van der Waals surface area (Å²) in [5.74, 6) is -0.221. The van der Waals surface area contributed by atoms with Gasteiger partial charge in [0.2, 0.25) is 11.0 Å². The lowest BCUT2D eigenvalue weighted by Gasteiger charge is -2.05. The number of aromatic nitrogens is 6. The Hall–Kier alpha value is -1.91. The molecule has 12 heteroatoms. The van der Waals surface area contributed by atoms with E-state index in [9.17, 15) is 8.42 Å². The van der Waals surface area contributed by atoms with Gasteiger partial charge in [-0.3, -0.25) is 0 Å². The molecule has 0 saturated carbocycles. The van der Waals surface area contributed by atoms with Gasteiger partial charge in [-0.25, -0.2) is 14.7 Å². The maximum Gasteiger partial charge on any atom is 0.284 e. The largest absolute Gasteiger partial charge is 0.341 e. The summed E-state index contributed by atoms with van der Waals surface area (Å²) in [6.07, 6.45) is 2.65. The van der Waals surface area contributed by atoms with Crippen LogP contribution in [-0.2, 0) is 17.1 Å². The second-order valence-corrected chi connectivity index (χ2v) is 6.31. The molecule has 21 heavy (non-hydrogen) atoms. The number of halogens is 2. The summed E-state index contributed by atoms with van der Waals surface area (Å²) in [5.41, 5.74) is 0.648. The number of aryl methyl sites for hydroxylation is 1. The van der Waals surface area contributed by atoms with E-state index in [1.54, 1.807) is 7.05 Å². The van der Waals surface area contributed by atoms with Crippen molar-refractivity contribution in [3.63, 3.8) is 0 Å². The fourth-order valence-corrected chi connectivity index (χ4v) is 3.18.